The van der Waals surface area contributed by atoms with Crippen molar-refractivity contribution in [2.24, 2.45) is 5.73 Å². The van der Waals surface area contributed by atoms with E-state index in [2.05, 4.69) is 20.8 Å². The number of nitrogens with one attached hydrogen (secondary N) is 1. The summed E-state index contributed by atoms with van der Waals surface area (Å²) in [7, 11) is 0. The minimum atomic E-state index is -0.578. The first-order valence-electron chi connectivity index (χ1n) is 8.07. The van der Waals surface area contributed by atoms with Gasteiger partial charge in [-0.2, -0.15) is 4.68 Å². The molecule has 3 rings (SSSR count). The molecule has 0 aliphatic rings. The SMILES string of the molecule is Cc1ccc(C)c(-n2nnnc2S[C@H](C)C(=O)Nc2sccc2C(N)=O)c1. The van der Waals surface area contributed by atoms with Gasteiger partial charge in [0.05, 0.1) is 16.5 Å². The molecule has 0 saturated heterocycles. The number of hydrogen-bond acceptors (Lipinski definition) is 7. The van der Waals surface area contributed by atoms with Crippen LogP contribution in [0.15, 0.2) is 34.8 Å². The van der Waals surface area contributed by atoms with E-state index in [1.807, 2.05) is 32.0 Å². The average molecular weight is 403 g/mol. The Hall–Kier alpha value is -2.72. The van der Waals surface area contributed by atoms with E-state index in [9.17, 15) is 9.59 Å². The van der Waals surface area contributed by atoms with Crippen LogP contribution in [0.1, 0.15) is 28.4 Å². The second kappa shape index (κ2) is 7.89. The van der Waals surface area contributed by atoms with E-state index in [0.29, 0.717) is 15.7 Å². The molecule has 1 aromatic carbocycles. The molecule has 140 valence electrons. The molecule has 2 heterocycles. The number of nitrogens with zero attached hydrogens (tertiary/aromatic N) is 4. The van der Waals surface area contributed by atoms with E-state index < -0.39 is 11.2 Å². The number of anilines is 1. The Morgan fingerprint density at radius 2 is 2.07 bits per heavy atom. The van der Waals surface area contributed by atoms with Crippen molar-refractivity contribution in [3.8, 4) is 5.69 Å². The minimum Gasteiger partial charge on any atom is -0.366 e. The molecular formula is C17H18N6O2S2. The van der Waals surface area contributed by atoms with Crippen LogP contribution < -0.4 is 11.1 Å². The highest BCUT2D eigenvalue weighted by molar-refractivity contribution is 8.00. The predicted molar refractivity (Wildman–Crippen MR) is 105 cm³/mol. The number of thioether (sulfide) groups is 1. The van der Waals surface area contributed by atoms with E-state index in [0.717, 1.165) is 16.8 Å². The number of aromatic nitrogens is 4. The maximum Gasteiger partial charge on any atom is 0.251 e. The number of thiophene rings is 1. The number of hydrogen-bond donors (Lipinski definition) is 2. The number of carbonyl (C=O) groups excluding carboxylic acids is 2. The number of benzene rings is 1. The van der Waals surface area contributed by atoms with Crippen molar-refractivity contribution < 1.29 is 9.59 Å². The number of tetrazole rings is 1. The summed E-state index contributed by atoms with van der Waals surface area (Å²) in [6.45, 7) is 5.72. The normalized spacial score (nSPS) is 12.0. The van der Waals surface area contributed by atoms with Crippen molar-refractivity contribution in [2.45, 2.75) is 31.2 Å². The third-order valence-electron chi connectivity index (χ3n) is 3.85. The molecule has 10 heteroatoms. The molecule has 0 bridgehead atoms. The van der Waals surface area contributed by atoms with E-state index in [-0.39, 0.29) is 5.91 Å². The second-order valence-corrected chi connectivity index (χ2v) is 8.16. The Labute approximate surface area is 164 Å². The van der Waals surface area contributed by atoms with Gasteiger partial charge in [-0.15, -0.1) is 16.4 Å². The molecule has 3 N–H and O–H groups in total. The topological polar surface area (TPSA) is 116 Å². The van der Waals surface area contributed by atoms with Crippen LogP contribution in [0.4, 0.5) is 5.00 Å². The van der Waals surface area contributed by atoms with E-state index in [1.165, 1.54) is 23.1 Å². The lowest BCUT2D eigenvalue weighted by molar-refractivity contribution is -0.115. The lowest BCUT2D eigenvalue weighted by atomic mass is 10.1. The minimum absolute atomic E-state index is 0.263. The van der Waals surface area contributed by atoms with Crippen LogP contribution in [0.2, 0.25) is 0 Å². The van der Waals surface area contributed by atoms with Crippen molar-refractivity contribution in [1.82, 2.24) is 20.2 Å². The Kier molecular flexibility index (Phi) is 5.57. The molecule has 0 fully saturated rings. The van der Waals surface area contributed by atoms with Gasteiger partial charge in [-0.1, -0.05) is 23.9 Å². The highest BCUT2D eigenvalue weighted by atomic mass is 32.2. The summed E-state index contributed by atoms with van der Waals surface area (Å²) < 4.78 is 1.62. The fraction of sp³-hybridized carbons (Fsp3) is 0.235. The summed E-state index contributed by atoms with van der Waals surface area (Å²) in [4.78, 5) is 23.9. The molecule has 0 aliphatic carbocycles. The van der Waals surface area contributed by atoms with Crippen LogP contribution in [0.3, 0.4) is 0 Å². The van der Waals surface area contributed by atoms with Crippen LogP contribution in [0.5, 0.6) is 0 Å². The maximum absolute atomic E-state index is 12.5. The Balaban J connectivity index is 1.77. The smallest absolute Gasteiger partial charge is 0.251 e. The van der Waals surface area contributed by atoms with E-state index >= 15 is 0 Å². The Morgan fingerprint density at radius 1 is 1.30 bits per heavy atom. The van der Waals surface area contributed by atoms with Crippen molar-refractivity contribution in [1.29, 1.82) is 0 Å². The summed E-state index contributed by atoms with van der Waals surface area (Å²) in [6.07, 6.45) is 0. The molecule has 0 saturated carbocycles. The molecule has 1 atom stereocenters. The average Bonchev–Trinajstić information content (AvgIpc) is 3.26. The molecule has 0 unspecified atom stereocenters. The highest BCUT2D eigenvalue weighted by Crippen LogP contribution is 2.27. The zero-order valence-electron chi connectivity index (χ0n) is 15.0. The van der Waals surface area contributed by atoms with Gasteiger partial charge in [0.15, 0.2) is 0 Å². The monoisotopic (exact) mass is 402 g/mol. The van der Waals surface area contributed by atoms with Crippen LogP contribution in [0, 0.1) is 13.8 Å². The van der Waals surface area contributed by atoms with Crippen molar-refractivity contribution in [2.75, 3.05) is 5.32 Å². The third kappa shape index (κ3) is 4.17. The zero-order valence-corrected chi connectivity index (χ0v) is 16.6. The lowest BCUT2D eigenvalue weighted by Gasteiger charge is -2.12. The predicted octanol–water partition coefficient (Wildman–Crippen LogP) is 2.56. The summed E-state index contributed by atoms with van der Waals surface area (Å²) >= 11 is 2.48. The zero-order chi connectivity index (χ0) is 19.6. The van der Waals surface area contributed by atoms with Crippen molar-refractivity contribution in [3.63, 3.8) is 0 Å². The number of rotatable bonds is 6. The van der Waals surface area contributed by atoms with E-state index in [4.69, 9.17) is 5.73 Å². The van der Waals surface area contributed by atoms with Gasteiger partial charge < -0.3 is 11.1 Å². The molecule has 0 aliphatic heterocycles. The molecule has 0 radical (unpaired) electrons. The largest absolute Gasteiger partial charge is 0.366 e. The van der Waals surface area contributed by atoms with Gasteiger partial charge in [0.2, 0.25) is 11.1 Å². The molecule has 0 spiro atoms. The Morgan fingerprint density at radius 3 is 2.81 bits per heavy atom. The Bertz CT molecular complexity index is 997. The summed E-state index contributed by atoms with van der Waals surface area (Å²) in [5, 5.41) is 16.8. The molecular weight excluding hydrogens is 384 g/mol. The molecule has 2 aromatic heterocycles. The number of primary amides is 1. The van der Waals surface area contributed by atoms with Crippen LogP contribution in [0.25, 0.3) is 5.69 Å². The number of amides is 2. The van der Waals surface area contributed by atoms with Crippen molar-refractivity contribution in [3.05, 3.63) is 46.3 Å². The number of nitrogens with two attached hydrogens (primary N) is 1. The third-order valence-corrected chi connectivity index (χ3v) is 5.72. The van der Waals surface area contributed by atoms with Crippen LogP contribution in [-0.4, -0.2) is 37.3 Å². The molecule has 3 aromatic rings. The van der Waals surface area contributed by atoms with Crippen LogP contribution >= 0.6 is 23.1 Å². The van der Waals surface area contributed by atoms with E-state index in [1.54, 1.807) is 23.1 Å². The van der Waals surface area contributed by atoms with Gasteiger partial charge in [-0.25, -0.2) is 0 Å². The van der Waals surface area contributed by atoms with Gasteiger partial charge in [0.1, 0.15) is 5.00 Å². The van der Waals surface area contributed by atoms with Gasteiger partial charge in [-0.05, 0) is 59.8 Å². The first kappa shape index (κ1) is 19.1. The number of aryl methyl sites for hydroxylation is 2. The molecule has 2 amide bonds. The molecule has 27 heavy (non-hydrogen) atoms. The lowest BCUT2D eigenvalue weighted by Crippen LogP contribution is -2.24. The first-order valence-corrected chi connectivity index (χ1v) is 9.83. The summed E-state index contributed by atoms with van der Waals surface area (Å²) in [5.74, 6) is -0.841. The van der Waals surface area contributed by atoms with Gasteiger partial charge in [0.25, 0.3) is 5.91 Å². The van der Waals surface area contributed by atoms with Gasteiger partial charge >= 0.3 is 0 Å². The van der Waals surface area contributed by atoms with Gasteiger partial charge in [-0.3, -0.25) is 9.59 Å². The second-order valence-electron chi connectivity index (χ2n) is 5.94. The summed E-state index contributed by atoms with van der Waals surface area (Å²) in [5.41, 5.74) is 8.59. The fourth-order valence-electron chi connectivity index (χ4n) is 2.38. The summed E-state index contributed by atoms with van der Waals surface area (Å²) in [6, 6.07) is 7.59. The van der Waals surface area contributed by atoms with Crippen molar-refractivity contribution >= 4 is 39.9 Å². The molecule has 8 nitrogen and oxygen atoms in total. The van der Waals surface area contributed by atoms with Crippen LogP contribution in [-0.2, 0) is 4.79 Å². The fourth-order valence-corrected chi connectivity index (χ4v) is 3.97. The highest BCUT2D eigenvalue weighted by Gasteiger charge is 2.22. The number of carbonyl (C=O) groups is 2. The first-order chi connectivity index (χ1) is 12.9. The quantitative estimate of drug-likeness (QED) is 0.612. The maximum atomic E-state index is 12.5. The van der Waals surface area contributed by atoms with Gasteiger partial charge in [0, 0.05) is 0 Å². The standard InChI is InChI=1S/C17H18N6O2S2/c1-9-4-5-10(2)13(8-9)23-17(20-21-22-23)27-11(3)15(25)19-16-12(14(18)24)6-7-26-16/h4-8,11H,1-3H3,(H2,18,24)(H,19,25)/t11-/m1/s1.